The summed E-state index contributed by atoms with van der Waals surface area (Å²) in [4.78, 5) is 0. The highest BCUT2D eigenvalue weighted by atomic mass is 19.4. The number of nitrogens with one attached hydrogen (secondary N) is 1. The lowest BCUT2D eigenvalue weighted by Crippen LogP contribution is -2.16. The lowest BCUT2D eigenvalue weighted by Gasteiger charge is -2.19. The Labute approximate surface area is 111 Å². The van der Waals surface area contributed by atoms with E-state index >= 15 is 0 Å². The normalized spacial score (nSPS) is 16.8. The Kier molecular flexibility index (Phi) is 4.34. The highest BCUT2D eigenvalue weighted by molar-refractivity contribution is 5.39. The quantitative estimate of drug-likeness (QED) is 0.902. The molecule has 0 unspecified atom stereocenters. The van der Waals surface area contributed by atoms with Crippen LogP contribution in [0.1, 0.15) is 36.8 Å². The van der Waals surface area contributed by atoms with Gasteiger partial charge in [0.05, 0.1) is 11.7 Å². The summed E-state index contributed by atoms with van der Waals surface area (Å²) in [6.07, 6.45) is -0.701. The fourth-order valence-corrected chi connectivity index (χ4v) is 2.40. The highest BCUT2D eigenvalue weighted by Crippen LogP contribution is 2.38. The minimum absolute atomic E-state index is 0.0424. The molecule has 2 nitrogen and oxygen atoms in total. The van der Waals surface area contributed by atoms with E-state index in [1.165, 1.54) is 12.1 Å². The van der Waals surface area contributed by atoms with Crippen molar-refractivity contribution in [1.29, 1.82) is 0 Å². The topological polar surface area (TPSA) is 21.3 Å². The first-order chi connectivity index (χ1) is 9.00. The molecule has 0 spiro atoms. The summed E-state index contributed by atoms with van der Waals surface area (Å²) in [5.41, 5.74) is -0.0688. The first-order valence-electron chi connectivity index (χ1n) is 6.52. The number of ether oxygens (including phenoxy) is 1. The third-order valence-electron chi connectivity index (χ3n) is 3.33. The van der Waals surface area contributed by atoms with Crippen molar-refractivity contribution < 1.29 is 17.9 Å². The van der Waals surface area contributed by atoms with E-state index in [-0.39, 0.29) is 11.9 Å². The van der Waals surface area contributed by atoms with Gasteiger partial charge < -0.3 is 10.1 Å². The Bertz CT molecular complexity index is 425. The van der Waals surface area contributed by atoms with E-state index in [1.54, 1.807) is 13.1 Å². The summed E-state index contributed by atoms with van der Waals surface area (Å²) >= 11 is 0. The van der Waals surface area contributed by atoms with E-state index in [0.717, 1.165) is 25.7 Å². The zero-order chi connectivity index (χ0) is 13.9. The molecule has 1 aromatic rings. The summed E-state index contributed by atoms with van der Waals surface area (Å²) in [7, 11) is 1.70. The molecular formula is C14H18F3NO. The van der Waals surface area contributed by atoms with Gasteiger partial charge in [0.2, 0.25) is 0 Å². The molecule has 0 aromatic heterocycles. The van der Waals surface area contributed by atoms with Crippen molar-refractivity contribution in [3.8, 4) is 5.75 Å². The van der Waals surface area contributed by atoms with E-state index in [0.29, 0.717) is 12.1 Å². The Morgan fingerprint density at radius 2 is 1.95 bits per heavy atom. The van der Waals surface area contributed by atoms with Crippen molar-refractivity contribution in [1.82, 2.24) is 5.32 Å². The van der Waals surface area contributed by atoms with Crippen LogP contribution < -0.4 is 10.1 Å². The smallest absolute Gasteiger partial charge is 0.419 e. The maximum atomic E-state index is 13.0. The number of halogens is 3. The number of benzene rings is 1. The largest absolute Gasteiger partial charge is 0.490 e. The Hall–Kier alpha value is -1.23. The fraction of sp³-hybridized carbons (Fsp3) is 0.571. The van der Waals surface area contributed by atoms with Crippen LogP contribution in [-0.4, -0.2) is 13.2 Å². The number of alkyl halides is 3. The summed E-state index contributed by atoms with van der Waals surface area (Å²) in [5, 5.41) is 2.85. The monoisotopic (exact) mass is 273 g/mol. The van der Waals surface area contributed by atoms with Crippen molar-refractivity contribution in [2.24, 2.45) is 0 Å². The Morgan fingerprint density at radius 1 is 1.26 bits per heavy atom. The van der Waals surface area contributed by atoms with Gasteiger partial charge in [-0.1, -0.05) is 6.07 Å². The van der Waals surface area contributed by atoms with Crippen molar-refractivity contribution in [2.45, 2.75) is 44.5 Å². The van der Waals surface area contributed by atoms with Gasteiger partial charge in [-0.3, -0.25) is 0 Å². The van der Waals surface area contributed by atoms with Crippen LogP contribution in [-0.2, 0) is 12.7 Å². The molecule has 1 aliphatic rings. The molecule has 1 aliphatic carbocycles. The van der Waals surface area contributed by atoms with Crippen molar-refractivity contribution >= 4 is 0 Å². The molecule has 1 saturated carbocycles. The SMILES string of the molecule is CNCc1ccc(OC2CCCC2)c(C(F)(F)F)c1. The molecular weight excluding hydrogens is 255 g/mol. The molecule has 0 amide bonds. The molecule has 106 valence electrons. The molecule has 19 heavy (non-hydrogen) atoms. The van der Waals surface area contributed by atoms with E-state index in [2.05, 4.69) is 5.32 Å². The minimum Gasteiger partial charge on any atom is -0.490 e. The van der Waals surface area contributed by atoms with Crippen molar-refractivity contribution in [3.63, 3.8) is 0 Å². The van der Waals surface area contributed by atoms with Crippen molar-refractivity contribution in [3.05, 3.63) is 29.3 Å². The van der Waals surface area contributed by atoms with Gasteiger partial charge in [-0.15, -0.1) is 0 Å². The first-order valence-corrected chi connectivity index (χ1v) is 6.52. The molecule has 0 aliphatic heterocycles. The van der Waals surface area contributed by atoms with Crippen LogP contribution >= 0.6 is 0 Å². The lowest BCUT2D eigenvalue weighted by molar-refractivity contribution is -0.139. The maximum absolute atomic E-state index is 13.0. The summed E-state index contributed by atoms with van der Waals surface area (Å²) in [6.45, 7) is 0.410. The standard InChI is InChI=1S/C14H18F3NO/c1-18-9-10-6-7-13(12(8-10)14(15,16)17)19-11-4-2-3-5-11/h6-8,11,18H,2-5,9H2,1H3. The molecule has 5 heteroatoms. The number of rotatable bonds is 4. The van der Waals surface area contributed by atoms with Gasteiger partial charge in [0.15, 0.2) is 0 Å². The predicted octanol–water partition coefficient (Wildman–Crippen LogP) is 3.75. The highest BCUT2D eigenvalue weighted by Gasteiger charge is 2.35. The third kappa shape index (κ3) is 3.62. The molecule has 1 aromatic carbocycles. The number of hydrogen-bond donors (Lipinski definition) is 1. The molecule has 0 radical (unpaired) electrons. The predicted molar refractivity (Wildman–Crippen MR) is 67.1 cm³/mol. The average Bonchev–Trinajstić information content (AvgIpc) is 2.83. The lowest BCUT2D eigenvalue weighted by atomic mass is 10.1. The van der Waals surface area contributed by atoms with Crippen molar-refractivity contribution in [2.75, 3.05) is 7.05 Å². The van der Waals surface area contributed by atoms with Crippen LogP contribution in [0.5, 0.6) is 5.75 Å². The summed E-state index contributed by atoms with van der Waals surface area (Å²) in [5.74, 6) is -0.0424. The van der Waals surface area contributed by atoms with Gasteiger partial charge in [-0.2, -0.15) is 13.2 Å². The molecule has 2 rings (SSSR count). The molecule has 1 N–H and O–H groups in total. The molecule has 1 fully saturated rings. The second kappa shape index (κ2) is 5.82. The summed E-state index contributed by atoms with van der Waals surface area (Å²) in [6, 6.07) is 4.28. The van der Waals surface area contributed by atoms with Gasteiger partial charge >= 0.3 is 6.18 Å². The van der Waals surface area contributed by atoms with Crippen LogP contribution in [0.4, 0.5) is 13.2 Å². The summed E-state index contributed by atoms with van der Waals surface area (Å²) < 4.78 is 44.7. The second-order valence-electron chi connectivity index (χ2n) is 4.88. The van der Waals surface area contributed by atoms with Crippen LogP contribution in [0.3, 0.4) is 0 Å². The molecule has 0 atom stereocenters. The first kappa shape index (κ1) is 14.2. The second-order valence-corrected chi connectivity index (χ2v) is 4.88. The Morgan fingerprint density at radius 3 is 2.53 bits per heavy atom. The zero-order valence-corrected chi connectivity index (χ0v) is 10.9. The molecule has 0 heterocycles. The van der Waals surface area contributed by atoms with Gasteiger partial charge in [0, 0.05) is 6.54 Å². The average molecular weight is 273 g/mol. The third-order valence-corrected chi connectivity index (χ3v) is 3.33. The van der Waals surface area contributed by atoms with Crippen LogP contribution in [0, 0.1) is 0 Å². The van der Waals surface area contributed by atoms with Crippen LogP contribution in [0.2, 0.25) is 0 Å². The molecule has 0 bridgehead atoms. The van der Waals surface area contributed by atoms with Gasteiger partial charge in [-0.05, 0) is 50.4 Å². The Balaban J connectivity index is 2.25. The van der Waals surface area contributed by atoms with Gasteiger partial charge in [0.1, 0.15) is 5.75 Å². The van der Waals surface area contributed by atoms with Crippen LogP contribution in [0.15, 0.2) is 18.2 Å². The van der Waals surface area contributed by atoms with Gasteiger partial charge in [0.25, 0.3) is 0 Å². The van der Waals surface area contributed by atoms with Crippen LogP contribution in [0.25, 0.3) is 0 Å². The van der Waals surface area contributed by atoms with E-state index in [9.17, 15) is 13.2 Å². The molecule has 0 saturated heterocycles. The zero-order valence-electron chi connectivity index (χ0n) is 10.9. The maximum Gasteiger partial charge on any atom is 0.419 e. The van der Waals surface area contributed by atoms with E-state index < -0.39 is 11.7 Å². The fourth-order valence-electron chi connectivity index (χ4n) is 2.40. The minimum atomic E-state index is -4.38. The number of hydrogen-bond acceptors (Lipinski definition) is 2. The van der Waals surface area contributed by atoms with Gasteiger partial charge in [-0.25, -0.2) is 0 Å². The van der Waals surface area contributed by atoms with E-state index in [4.69, 9.17) is 4.74 Å². The van der Waals surface area contributed by atoms with E-state index in [1.807, 2.05) is 0 Å².